The number of aromatic nitrogens is 3. The number of amides is 2. The van der Waals surface area contributed by atoms with Crippen molar-refractivity contribution in [2.24, 2.45) is 5.92 Å². The molecule has 0 aliphatic heterocycles. The Bertz CT molecular complexity index is 1040. The molecule has 1 aromatic carbocycles. The Hall–Kier alpha value is -3.42. The van der Waals surface area contributed by atoms with Crippen LogP contribution in [-0.4, -0.2) is 38.4 Å². The molecule has 0 saturated heterocycles. The average Bonchev–Trinajstić information content (AvgIpc) is 3.36. The van der Waals surface area contributed by atoms with Crippen LogP contribution in [0, 0.1) is 12.8 Å². The highest BCUT2D eigenvalue weighted by Gasteiger charge is 2.30. The van der Waals surface area contributed by atoms with Gasteiger partial charge in [-0.05, 0) is 36.8 Å². The monoisotopic (exact) mass is 378 g/mol. The summed E-state index contributed by atoms with van der Waals surface area (Å²) in [6.45, 7) is 3.00. The average molecular weight is 378 g/mol. The van der Waals surface area contributed by atoms with Crippen molar-refractivity contribution < 1.29 is 9.59 Å². The molecule has 8 heteroatoms. The predicted octanol–water partition coefficient (Wildman–Crippen LogP) is 2.23. The van der Waals surface area contributed by atoms with Crippen LogP contribution in [0.25, 0.3) is 10.9 Å². The van der Waals surface area contributed by atoms with E-state index in [0.717, 1.165) is 24.0 Å². The number of nitrogen functional groups attached to an aromatic ring is 1. The van der Waals surface area contributed by atoms with E-state index < -0.39 is 11.8 Å². The molecule has 8 nitrogen and oxygen atoms in total. The van der Waals surface area contributed by atoms with Crippen molar-refractivity contribution in [3.05, 3.63) is 47.8 Å². The number of benzene rings is 1. The van der Waals surface area contributed by atoms with E-state index in [1.165, 1.54) is 12.4 Å². The lowest BCUT2D eigenvalue weighted by atomic mass is 10.1. The number of nitrogens with one attached hydrogen (secondary N) is 2. The Morgan fingerprint density at radius 2 is 2.07 bits per heavy atom. The van der Waals surface area contributed by atoms with E-state index in [-0.39, 0.29) is 0 Å². The van der Waals surface area contributed by atoms with Crippen LogP contribution in [0.2, 0.25) is 0 Å². The number of hydrogen-bond acceptors (Lipinski definition) is 5. The van der Waals surface area contributed by atoms with E-state index in [2.05, 4.69) is 20.5 Å². The van der Waals surface area contributed by atoms with Crippen molar-refractivity contribution >= 4 is 34.2 Å². The molecule has 2 aromatic heterocycles. The van der Waals surface area contributed by atoms with Crippen LogP contribution < -0.4 is 11.1 Å². The van der Waals surface area contributed by atoms with Crippen molar-refractivity contribution in [3.63, 3.8) is 0 Å². The third kappa shape index (κ3) is 3.66. The number of anilines is 2. The number of rotatable bonds is 5. The van der Waals surface area contributed by atoms with Crippen LogP contribution in [0.3, 0.4) is 0 Å². The smallest absolute Gasteiger partial charge is 0.314 e. The summed E-state index contributed by atoms with van der Waals surface area (Å²) >= 11 is 0. The van der Waals surface area contributed by atoms with Gasteiger partial charge in [-0.15, -0.1) is 0 Å². The number of carbonyl (C=O) groups excluding carboxylic acids is 2. The van der Waals surface area contributed by atoms with Crippen molar-refractivity contribution in [1.29, 1.82) is 0 Å². The molecule has 2 heterocycles. The summed E-state index contributed by atoms with van der Waals surface area (Å²) in [5, 5.41) is 9.96. The second-order valence-corrected chi connectivity index (χ2v) is 7.23. The summed E-state index contributed by atoms with van der Waals surface area (Å²) in [5.74, 6) is -0.474. The van der Waals surface area contributed by atoms with Crippen molar-refractivity contribution in [3.8, 4) is 0 Å². The Labute approximate surface area is 162 Å². The molecule has 1 aliphatic rings. The van der Waals surface area contributed by atoms with Gasteiger partial charge in [0.15, 0.2) is 0 Å². The van der Waals surface area contributed by atoms with Gasteiger partial charge in [0.25, 0.3) is 0 Å². The second-order valence-electron chi connectivity index (χ2n) is 7.23. The van der Waals surface area contributed by atoms with Gasteiger partial charge in [-0.25, -0.2) is 4.98 Å². The van der Waals surface area contributed by atoms with Crippen molar-refractivity contribution in [2.45, 2.75) is 26.3 Å². The molecule has 28 heavy (non-hydrogen) atoms. The van der Waals surface area contributed by atoms with Crippen LogP contribution >= 0.6 is 0 Å². The van der Waals surface area contributed by atoms with E-state index in [1.807, 2.05) is 31.2 Å². The summed E-state index contributed by atoms with van der Waals surface area (Å²) < 4.78 is 0. The molecule has 4 rings (SSSR count). The van der Waals surface area contributed by atoms with Gasteiger partial charge < -0.3 is 16.0 Å². The molecular weight excluding hydrogens is 356 g/mol. The van der Waals surface area contributed by atoms with Gasteiger partial charge in [0.05, 0.1) is 29.0 Å². The van der Waals surface area contributed by atoms with E-state index in [1.54, 1.807) is 4.90 Å². The third-order valence-electron chi connectivity index (χ3n) is 5.04. The minimum atomic E-state index is -0.697. The lowest BCUT2D eigenvalue weighted by Gasteiger charge is -2.23. The Morgan fingerprint density at radius 1 is 1.29 bits per heavy atom. The number of H-pyrrole nitrogens is 1. The zero-order valence-electron chi connectivity index (χ0n) is 15.6. The van der Waals surface area contributed by atoms with Gasteiger partial charge in [-0.3, -0.25) is 14.7 Å². The molecule has 0 atom stereocenters. The van der Waals surface area contributed by atoms with Gasteiger partial charge >= 0.3 is 11.8 Å². The van der Waals surface area contributed by atoms with Gasteiger partial charge in [-0.2, -0.15) is 5.10 Å². The highest BCUT2D eigenvalue weighted by atomic mass is 16.2. The number of nitrogens with zero attached hydrogens (tertiary/aromatic N) is 3. The molecule has 144 valence electrons. The van der Waals surface area contributed by atoms with Crippen molar-refractivity contribution in [1.82, 2.24) is 20.1 Å². The molecule has 0 spiro atoms. The molecule has 1 saturated carbocycles. The molecule has 0 unspecified atom stereocenters. The zero-order chi connectivity index (χ0) is 19.7. The van der Waals surface area contributed by atoms with E-state index in [4.69, 9.17) is 5.73 Å². The van der Waals surface area contributed by atoms with Gasteiger partial charge in [0.1, 0.15) is 5.82 Å². The Balaban J connectivity index is 1.54. The fraction of sp³-hybridized carbons (Fsp3) is 0.300. The molecule has 4 N–H and O–H groups in total. The van der Waals surface area contributed by atoms with Crippen LogP contribution in [-0.2, 0) is 16.1 Å². The summed E-state index contributed by atoms with van der Waals surface area (Å²) in [5.41, 5.74) is 8.86. The summed E-state index contributed by atoms with van der Waals surface area (Å²) in [7, 11) is 0. The van der Waals surface area contributed by atoms with Crippen LogP contribution in [0.15, 0.2) is 36.7 Å². The number of aryl methyl sites for hydroxylation is 1. The maximum atomic E-state index is 12.9. The van der Waals surface area contributed by atoms with Gasteiger partial charge in [0.2, 0.25) is 0 Å². The van der Waals surface area contributed by atoms with E-state index in [9.17, 15) is 9.59 Å². The summed E-state index contributed by atoms with van der Waals surface area (Å²) in [6, 6.07) is 7.89. The first-order valence-electron chi connectivity index (χ1n) is 9.25. The van der Waals surface area contributed by atoms with Crippen LogP contribution in [0.5, 0.6) is 0 Å². The minimum absolute atomic E-state index is 0.308. The fourth-order valence-electron chi connectivity index (χ4n) is 3.19. The van der Waals surface area contributed by atoms with Gasteiger partial charge in [-0.1, -0.05) is 24.3 Å². The maximum absolute atomic E-state index is 12.9. The SMILES string of the molecule is Cc1ccccc1CN(CC1CC1)C(=O)C(=O)Nc1cnc(N)c2cn[nH]c12. The largest absolute Gasteiger partial charge is 0.383 e. The normalized spacial score (nSPS) is 13.5. The number of nitrogens with two attached hydrogens (primary N) is 1. The Morgan fingerprint density at radius 3 is 2.82 bits per heavy atom. The maximum Gasteiger partial charge on any atom is 0.314 e. The number of hydrogen-bond donors (Lipinski definition) is 3. The summed E-state index contributed by atoms with van der Waals surface area (Å²) in [6.07, 6.45) is 5.14. The standard InChI is InChI=1S/C20H22N6O2/c1-12-4-2-3-5-14(12)11-26(10-13-6-7-13)20(28)19(27)24-16-9-22-18(21)15-8-23-25-17(15)16/h2-5,8-9,13H,6-7,10-11H2,1H3,(H2,21,22)(H,23,25)(H,24,27). The zero-order valence-corrected chi connectivity index (χ0v) is 15.6. The van der Waals surface area contributed by atoms with Crippen LogP contribution in [0.1, 0.15) is 24.0 Å². The van der Waals surface area contributed by atoms with Crippen LogP contribution in [0.4, 0.5) is 11.5 Å². The van der Waals surface area contributed by atoms with Gasteiger partial charge in [0, 0.05) is 13.1 Å². The number of aromatic amines is 1. The minimum Gasteiger partial charge on any atom is -0.383 e. The molecule has 1 aliphatic carbocycles. The quantitative estimate of drug-likeness (QED) is 0.589. The molecule has 3 aromatic rings. The van der Waals surface area contributed by atoms with E-state index in [0.29, 0.717) is 41.4 Å². The number of fused-ring (bicyclic) bond motifs is 1. The third-order valence-corrected chi connectivity index (χ3v) is 5.04. The number of carbonyl (C=O) groups is 2. The molecule has 0 radical (unpaired) electrons. The Kier molecular flexibility index (Phi) is 4.68. The topological polar surface area (TPSA) is 117 Å². The summed E-state index contributed by atoms with van der Waals surface area (Å²) in [4.78, 5) is 31.3. The highest BCUT2D eigenvalue weighted by Crippen LogP contribution is 2.30. The highest BCUT2D eigenvalue weighted by molar-refractivity contribution is 6.40. The molecule has 0 bridgehead atoms. The van der Waals surface area contributed by atoms with E-state index >= 15 is 0 Å². The first-order chi connectivity index (χ1) is 13.5. The predicted molar refractivity (Wildman–Crippen MR) is 106 cm³/mol. The molecular formula is C20H22N6O2. The number of pyridine rings is 1. The first kappa shape index (κ1) is 18.0. The second kappa shape index (κ2) is 7.30. The fourth-order valence-corrected chi connectivity index (χ4v) is 3.19. The lowest BCUT2D eigenvalue weighted by Crippen LogP contribution is -2.40. The molecule has 1 fully saturated rings. The molecule has 2 amide bonds. The lowest BCUT2D eigenvalue weighted by molar-refractivity contribution is -0.143. The first-order valence-corrected chi connectivity index (χ1v) is 9.25. The van der Waals surface area contributed by atoms with Crippen molar-refractivity contribution in [2.75, 3.05) is 17.6 Å².